The number of nitrogens with zero attached hydrogens (tertiary/aromatic N) is 2. The summed E-state index contributed by atoms with van der Waals surface area (Å²) in [6.07, 6.45) is 2.48. The Hall–Kier alpha value is -1.55. The number of hydrogen-bond donors (Lipinski definition) is 1. The summed E-state index contributed by atoms with van der Waals surface area (Å²) in [6.45, 7) is 8.87. The van der Waals surface area contributed by atoms with Crippen LogP contribution in [0.5, 0.6) is 5.75 Å². The van der Waals surface area contributed by atoms with E-state index in [9.17, 15) is 0 Å². The number of imidazole rings is 1. The van der Waals surface area contributed by atoms with E-state index >= 15 is 0 Å². The van der Waals surface area contributed by atoms with Crippen LogP contribution in [0.3, 0.4) is 0 Å². The fraction of sp³-hybridized carbons (Fsp3) is 0.588. The van der Waals surface area contributed by atoms with Crippen LogP contribution in [0.25, 0.3) is 11.0 Å². The molecule has 0 spiro atoms. The molecule has 1 unspecified atom stereocenters. The van der Waals surface area contributed by atoms with Crippen molar-refractivity contribution in [1.82, 2.24) is 14.9 Å². The molecule has 0 saturated carbocycles. The zero-order valence-electron chi connectivity index (χ0n) is 13.4. The molecule has 0 amide bonds. The molecule has 4 heteroatoms. The molecule has 2 heterocycles. The lowest BCUT2D eigenvalue weighted by atomic mass is 9.77. The third-order valence-electron chi connectivity index (χ3n) is 4.69. The Kier molecular flexibility index (Phi) is 3.66. The first-order valence-corrected chi connectivity index (χ1v) is 7.84. The summed E-state index contributed by atoms with van der Waals surface area (Å²) >= 11 is 0. The van der Waals surface area contributed by atoms with E-state index in [1.165, 1.54) is 18.4 Å². The molecule has 1 saturated heterocycles. The van der Waals surface area contributed by atoms with Crippen LogP contribution in [0, 0.1) is 5.41 Å². The highest BCUT2D eigenvalue weighted by Gasteiger charge is 2.36. The monoisotopic (exact) mass is 287 g/mol. The number of aromatic nitrogens is 2. The van der Waals surface area contributed by atoms with Gasteiger partial charge in [-0.1, -0.05) is 13.8 Å². The third-order valence-corrected chi connectivity index (χ3v) is 4.69. The largest absolute Gasteiger partial charge is 0.497 e. The van der Waals surface area contributed by atoms with Gasteiger partial charge >= 0.3 is 0 Å². The number of hydrogen-bond acceptors (Lipinski definition) is 3. The van der Waals surface area contributed by atoms with Gasteiger partial charge in [0.25, 0.3) is 0 Å². The van der Waals surface area contributed by atoms with E-state index in [1.54, 1.807) is 7.11 Å². The molecular formula is C17H25N3O. The Bertz CT molecular complexity index is 645. The van der Waals surface area contributed by atoms with Gasteiger partial charge in [0.1, 0.15) is 11.6 Å². The van der Waals surface area contributed by atoms with Crippen LogP contribution >= 0.6 is 0 Å². The number of rotatable bonds is 3. The van der Waals surface area contributed by atoms with Crippen LogP contribution in [0.15, 0.2) is 18.2 Å². The van der Waals surface area contributed by atoms with Crippen molar-refractivity contribution in [2.75, 3.05) is 13.7 Å². The summed E-state index contributed by atoms with van der Waals surface area (Å²) in [5.41, 5.74) is 2.45. The number of methoxy groups -OCH3 is 1. The predicted molar refractivity (Wildman–Crippen MR) is 85.7 cm³/mol. The molecule has 4 nitrogen and oxygen atoms in total. The fourth-order valence-corrected chi connectivity index (χ4v) is 3.46. The molecule has 3 rings (SSSR count). The maximum Gasteiger partial charge on any atom is 0.127 e. The first kappa shape index (κ1) is 14.4. The molecule has 1 aromatic carbocycles. The first-order chi connectivity index (χ1) is 10.1. The van der Waals surface area contributed by atoms with E-state index in [-0.39, 0.29) is 5.41 Å². The lowest BCUT2D eigenvalue weighted by molar-refractivity contribution is 0.171. The van der Waals surface area contributed by atoms with Crippen LogP contribution in [0.2, 0.25) is 0 Å². The van der Waals surface area contributed by atoms with Crippen LogP contribution in [-0.4, -0.2) is 23.2 Å². The molecule has 1 aliphatic heterocycles. The van der Waals surface area contributed by atoms with Gasteiger partial charge in [0, 0.05) is 12.6 Å². The molecular weight excluding hydrogens is 262 g/mol. The maximum absolute atomic E-state index is 5.33. The van der Waals surface area contributed by atoms with Gasteiger partial charge in [-0.15, -0.1) is 0 Å². The Morgan fingerprint density at radius 2 is 2.24 bits per heavy atom. The van der Waals surface area contributed by atoms with E-state index in [0.717, 1.165) is 30.2 Å². The molecule has 0 aliphatic carbocycles. The lowest BCUT2D eigenvalue weighted by Crippen LogP contribution is -2.41. The Morgan fingerprint density at radius 3 is 2.90 bits per heavy atom. The topological polar surface area (TPSA) is 39.1 Å². The van der Waals surface area contributed by atoms with Gasteiger partial charge < -0.3 is 14.6 Å². The van der Waals surface area contributed by atoms with Gasteiger partial charge in [0.05, 0.1) is 24.2 Å². The van der Waals surface area contributed by atoms with Gasteiger partial charge in [-0.3, -0.25) is 0 Å². The summed E-state index contributed by atoms with van der Waals surface area (Å²) < 4.78 is 7.66. The first-order valence-electron chi connectivity index (χ1n) is 7.84. The third kappa shape index (κ3) is 2.42. The van der Waals surface area contributed by atoms with Crippen LogP contribution in [0.4, 0.5) is 0 Å². The number of benzene rings is 1. The Labute approximate surface area is 126 Å². The van der Waals surface area contributed by atoms with Crippen molar-refractivity contribution in [3.63, 3.8) is 0 Å². The standard InChI is InChI=1S/C17H25N3O/c1-5-20-14-8-7-12(21-4)11-13(14)19-16(20)15-17(2,3)9-6-10-18-15/h7-8,11,15,18H,5-6,9-10H2,1-4H3. The van der Waals surface area contributed by atoms with Gasteiger partial charge in [-0.25, -0.2) is 4.98 Å². The molecule has 1 aromatic heterocycles. The average molecular weight is 287 g/mol. The Morgan fingerprint density at radius 1 is 1.43 bits per heavy atom. The molecule has 1 atom stereocenters. The molecule has 0 bridgehead atoms. The van der Waals surface area contributed by atoms with E-state index in [4.69, 9.17) is 9.72 Å². The summed E-state index contributed by atoms with van der Waals surface area (Å²) in [4.78, 5) is 4.93. The molecule has 114 valence electrons. The summed E-state index contributed by atoms with van der Waals surface area (Å²) in [7, 11) is 1.70. The highest BCUT2D eigenvalue weighted by atomic mass is 16.5. The SMILES string of the molecule is CCn1c(C2NCCCC2(C)C)nc2cc(OC)ccc21. The Balaban J connectivity index is 2.13. The zero-order valence-corrected chi connectivity index (χ0v) is 13.4. The van der Waals surface area contributed by atoms with Crippen molar-refractivity contribution in [2.24, 2.45) is 5.41 Å². The summed E-state index contributed by atoms with van der Waals surface area (Å²) in [6, 6.07) is 6.47. The fourth-order valence-electron chi connectivity index (χ4n) is 3.46. The highest BCUT2D eigenvalue weighted by molar-refractivity contribution is 5.78. The van der Waals surface area contributed by atoms with Crippen molar-refractivity contribution in [3.05, 3.63) is 24.0 Å². The van der Waals surface area contributed by atoms with Gasteiger partial charge in [-0.2, -0.15) is 0 Å². The number of fused-ring (bicyclic) bond motifs is 1. The minimum Gasteiger partial charge on any atom is -0.497 e. The second-order valence-electron chi connectivity index (χ2n) is 6.55. The van der Waals surface area contributed by atoms with Crippen LogP contribution in [-0.2, 0) is 6.54 Å². The number of ether oxygens (including phenoxy) is 1. The van der Waals surface area contributed by atoms with Crippen molar-refractivity contribution < 1.29 is 4.74 Å². The predicted octanol–water partition coefficient (Wildman–Crippen LogP) is 3.52. The van der Waals surface area contributed by atoms with E-state index in [1.807, 2.05) is 12.1 Å². The minimum atomic E-state index is 0.233. The average Bonchev–Trinajstić information content (AvgIpc) is 2.83. The molecule has 1 aliphatic rings. The number of nitrogens with one attached hydrogen (secondary N) is 1. The normalized spacial score (nSPS) is 21.6. The summed E-state index contributed by atoms with van der Waals surface area (Å²) in [5, 5.41) is 3.68. The van der Waals surface area contributed by atoms with Gasteiger partial charge in [0.2, 0.25) is 0 Å². The van der Waals surface area contributed by atoms with E-state index in [2.05, 4.69) is 36.7 Å². The van der Waals surface area contributed by atoms with Crippen molar-refractivity contribution in [2.45, 2.75) is 46.2 Å². The molecule has 1 fully saturated rings. The second-order valence-corrected chi connectivity index (χ2v) is 6.55. The second kappa shape index (κ2) is 5.34. The zero-order chi connectivity index (χ0) is 15.0. The smallest absolute Gasteiger partial charge is 0.127 e. The summed E-state index contributed by atoms with van der Waals surface area (Å²) in [5.74, 6) is 2.02. The molecule has 1 N–H and O–H groups in total. The minimum absolute atomic E-state index is 0.233. The molecule has 0 radical (unpaired) electrons. The van der Waals surface area contributed by atoms with E-state index in [0.29, 0.717) is 6.04 Å². The lowest BCUT2D eigenvalue weighted by Gasteiger charge is -2.39. The molecule has 2 aromatic rings. The van der Waals surface area contributed by atoms with Crippen molar-refractivity contribution in [1.29, 1.82) is 0 Å². The quantitative estimate of drug-likeness (QED) is 0.939. The van der Waals surface area contributed by atoms with Gasteiger partial charge in [-0.05, 0) is 43.9 Å². The van der Waals surface area contributed by atoms with Crippen molar-refractivity contribution in [3.8, 4) is 5.75 Å². The van der Waals surface area contributed by atoms with E-state index < -0.39 is 0 Å². The molecule has 21 heavy (non-hydrogen) atoms. The number of aryl methyl sites for hydroxylation is 1. The van der Waals surface area contributed by atoms with Gasteiger partial charge in [0.15, 0.2) is 0 Å². The van der Waals surface area contributed by atoms with Crippen LogP contribution < -0.4 is 10.1 Å². The van der Waals surface area contributed by atoms with Crippen LogP contribution in [0.1, 0.15) is 45.5 Å². The maximum atomic E-state index is 5.33. The number of piperidine rings is 1. The van der Waals surface area contributed by atoms with Crippen molar-refractivity contribution >= 4 is 11.0 Å². The highest BCUT2D eigenvalue weighted by Crippen LogP contribution is 2.40.